The molecule has 3 nitrogen and oxygen atoms in total. The van der Waals surface area contributed by atoms with Crippen LogP contribution < -0.4 is 0 Å². The zero-order chi connectivity index (χ0) is 16.3. The fourth-order valence-electron chi connectivity index (χ4n) is 3.05. The van der Waals surface area contributed by atoms with Crippen LogP contribution in [-0.2, 0) is 6.42 Å². The zero-order valence-electron chi connectivity index (χ0n) is 13.2. The van der Waals surface area contributed by atoms with Gasteiger partial charge in [0.25, 0.3) is 0 Å². The minimum atomic E-state index is -0.608. The normalized spacial score (nSPS) is 13.6. The molecule has 1 aromatic heterocycles. The van der Waals surface area contributed by atoms with Gasteiger partial charge >= 0.3 is 0 Å². The summed E-state index contributed by atoms with van der Waals surface area (Å²) >= 11 is 0. The summed E-state index contributed by atoms with van der Waals surface area (Å²) in [7, 11) is 0. The second-order valence-electron chi connectivity index (χ2n) is 6.24. The molecule has 1 unspecified atom stereocenters. The molecule has 0 aliphatic heterocycles. The van der Waals surface area contributed by atoms with Crippen LogP contribution in [0.5, 0.6) is 0 Å². The summed E-state index contributed by atoms with van der Waals surface area (Å²) in [5, 5.41) is 8.60. The van der Waals surface area contributed by atoms with E-state index < -0.39 is 5.41 Å². The number of aromatic nitrogens is 1. The Morgan fingerprint density at radius 1 is 1.17 bits per heavy atom. The molecule has 0 aliphatic carbocycles. The van der Waals surface area contributed by atoms with Crippen molar-refractivity contribution < 1.29 is 4.79 Å². The van der Waals surface area contributed by atoms with Crippen LogP contribution in [0.25, 0.3) is 10.9 Å². The predicted molar refractivity (Wildman–Crippen MR) is 94.3 cm³/mol. The summed E-state index contributed by atoms with van der Waals surface area (Å²) < 4.78 is 0. The number of Topliss-reactive ketones (excluding diaryl/α,β-unsaturated/α-hetero) is 1. The summed E-state index contributed by atoms with van der Waals surface area (Å²) in [6.07, 6.45) is 4.28. The lowest BCUT2D eigenvalue weighted by Gasteiger charge is -2.27. The number of fused-ring (bicyclic) bond motifs is 1. The number of benzene rings is 2. The second-order valence-corrected chi connectivity index (χ2v) is 6.24. The van der Waals surface area contributed by atoms with E-state index >= 15 is 0 Å². The Bertz CT molecular complexity index is 835. The molecule has 0 bridgehead atoms. The average molecular weight is 304 g/mol. The van der Waals surface area contributed by atoms with Gasteiger partial charge in [0.1, 0.15) is 0 Å². The number of hydrogen-bond acceptors (Lipinski definition) is 2. The van der Waals surface area contributed by atoms with E-state index in [1.165, 1.54) is 6.21 Å². The maximum Gasteiger partial charge on any atom is 0.169 e. The van der Waals surface area contributed by atoms with Crippen molar-refractivity contribution in [2.24, 2.45) is 5.41 Å². The largest absolute Gasteiger partial charge is 0.361 e. The molecule has 0 radical (unpaired) electrons. The van der Waals surface area contributed by atoms with Crippen LogP contribution in [0, 0.1) is 10.8 Å². The SMILES string of the molecule is CC(CC=N)(Cc1ccccc1)C(=O)c1ccc2cc[nH]c2c1. The number of nitrogens with one attached hydrogen (secondary N) is 2. The van der Waals surface area contributed by atoms with Crippen LogP contribution in [0.15, 0.2) is 60.8 Å². The molecule has 1 atom stereocenters. The molecule has 3 aromatic rings. The lowest BCUT2D eigenvalue weighted by Crippen LogP contribution is -2.31. The van der Waals surface area contributed by atoms with Gasteiger partial charge in [-0.05, 0) is 42.1 Å². The second kappa shape index (κ2) is 6.21. The highest BCUT2D eigenvalue weighted by Gasteiger charge is 2.33. The molecule has 0 aliphatic rings. The van der Waals surface area contributed by atoms with E-state index in [2.05, 4.69) is 4.98 Å². The maximum atomic E-state index is 13.1. The number of carbonyl (C=O) groups is 1. The molecule has 0 saturated heterocycles. The molecule has 23 heavy (non-hydrogen) atoms. The van der Waals surface area contributed by atoms with Crippen molar-refractivity contribution in [1.82, 2.24) is 4.98 Å². The van der Waals surface area contributed by atoms with E-state index in [1.807, 2.05) is 67.7 Å². The molecule has 2 aromatic carbocycles. The van der Waals surface area contributed by atoms with Crippen LogP contribution in [0.3, 0.4) is 0 Å². The van der Waals surface area contributed by atoms with Gasteiger partial charge in [-0.3, -0.25) is 4.79 Å². The molecular formula is C20H20N2O. The van der Waals surface area contributed by atoms with Crippen molar-refractivity contribution in [2.45, 2.75) is 19.8 Å². The first-order valence-corrected chi connectivity index (χ1v) is 7.77. The number of hydrogen-bond donors (Lipinski definition) is 2. The number of aromatic amines is 1. The first-order chi connectivity index (χ1) is 11.1. The molecular weight excluding hydrogens is 284 g/mol. The van der Waals surface area contributed by atoms with Gasteiger partial charge in [0.05, 0.1) is 0 Å². The number of rotatable bonds is 6. The Morgan fingerprint density at radius 3 is 2.70 bits per heavy atom. The minimum Gasteiger partial charge on any atom is -0.361 e. The quantitative estimate of drug-likeness (QED) is 0.506. The Kier molecular flexibility index (Phi) is 4.11. The van der Waals surface area contributed by atoms with Gasteiger partial charge < -0.3 is 10.4 Å². The third kappa shape index (κ3) is 3.09. The van der Waals surface area contributed by atoms with Crippen molar-refractivity contribution in [3.63, 3.8) is 0 Å². The third-order valence-corrected chi connectivity index (χ3v) is 4.36. The highest BCUT2D eigenvalue weighted by atomic mass is 16.1. The fraction of sp³-hybridized carbons (Fsp3) is 0.200. The molecule has 3 rings (SSSR count). The summed E-state index contributed by atoms with van der Waals surface area (Å²) in [6.45, 7) is 1.95. The van der Waals surface area contributed by atoms with Gasteiger partial charge in [-0.25, -0.2) is 0 Å². The van der Waals surface area contributed by atoms with Gasteiger partial charge in [-0.2, -0.15) is 0 Å². The van der Waals surface area contributed by atoms with Gasteiger partial charge in [-0.15, -0.1) is 0 Å². The maximum absolute atomic E-state index is 13.1. The summed E-state index contributed by atoms with van der Waals surface area (Å²) in [5.74, 6) is 0.0846. The Balaban J connectivity index is 1.95. The number of ketones is 1. The summed E-state index contributed by atoms with van der Waals surface area (Å²) in [5.41, 5.74) is 2.17. The first-order valence-electron chi connectivity index (χ1n) is 7.77. The van der Waals surface area contributed by atoms with E-state index in [9.17, 15) is 4.79 Å². The van der Waals surface area contributed by atoms with Gasteiger partial charge in [-0.1, -0.05) is 49.4 Å². The van der Waals surface area contributed by atoms with Crippen molar-refractivity contribution in [2.75, 3.05) is 0 Å². The van der Waals surface area contributed by atoms with Gasteiger partial charge in [0.15, 0.2) is 5.78 Å². The zero-order valence-corrected chi connectivity index (χ0v) is 13.2. The van der Waals surface area contributed by atoms with E-state index in [4.69, 9.17) is 5.41 Å². The number of H-pyrrole nitrogens is 1. The Labute approximate surface area is 135 Å². The van der Waals surface area contributed by atoms with Crippen molar-refractivity contribution in [1.29, 1.82) is 5.41 Å². The van der Waals surface area contributed by atoms with Gasteiger partial charge in [0.2, 0.25) is 0 Å². The molecule has 0 amide bonds. The summed E-state index contributed by atoms with van der Waals surface area (Å²) in [6, 6.07) is 17.7. The lowest BCUT2D eigenvalue weighted by molar-refractivity contribution is 0.0824. The van der Waals surface area contributed by atoms with Crippen molar-refractivity contribution in [3.8, 4) is 0 Å². The molecule has 3 heteroatoms. The fourth-order valence-corrected chi connectivity index (χ4v) is 3.05. The Hall–Kier alpha value is -2.68. The Morgan fingerprint density at radius 2 is 1.96 bits per heavy atom. The predicted octanol–water partition coefficient (Wildman–Crippen LogP) is 4.64. The average Bonchev–Trinajstić information content (AvgIpc) is 3.02. The minimum absolute atomic E-state index is 0.0846. The standard InChI is InChI=1S/C20H20N2O/c1-20(10-11-21,14-15-5-3-2-4-6-15)19(23)17-8-7-16-9-12-22-18(16)13-17/h2-9,11-13,21-22H,10,14H2,1H3. The van der Waals surface area contributed by atoms with Crippen LogP contribution in [-0.4, -0.2) is 17.0 Å². The highest BCUT2D eigenvalue weighted by Crippen LogP contribution is 2.31. The van der Waals surface area contributed by atoms with Crippen LogP contribution in [0.2, 0.25) is 0 Å². The van der Waals surface area contributed by atoms with Crippen LogP contribution >= 0.6 is 0 Å². The molecule has 0 spiro atoms. The van der Waals surface area contributed by atoms with Gasteiger partial charge in [0, 0.05) is 22.7 Å². The third-order valence-electron chi connectivity index (χ3n) is 4.36. The van der Waals surface area contributed by atoms with Crippen LogP contribution in [0.1, 0.15) is 29.3 Å². The molecule has 1 heterocycles. The smallest absolute Gasteiger partial charge is 0.169 e. The summed E-state index contributed by atoms with van der Waals surface area (Å²) in [4.78, 5) is 16.3. The van der Waals surface area contributed by atoms with E-state index in [1.54, 1.807) is 0 Å². The molecule has 2 N–H and O–H groups in total. The van der Waals surface area contributed by atoms with Crippen molar-refractivity contribution >= 4 is 22.9 Å². The van der Waals surface area contributed by atoms with E-state index in [0.717, 1.165) is 16.5 Å². The molecule has 0 saturated carbocycles. The van der Waals surface area contributed by atoms with E-state index in [0.29, 0.717) is 18.4 Å². The van der Waals surface area contributed by atoms with E-state index in [-0.39, 0.29) is 5.78 Å². The van der Waals surface area contributed by atoms with Crippen LogP contribution in [0.4, 0.5) is 0 Å². The molecule has 0 fully saturated rings. The first kappa shape index (κ1) is 15.2. The highest BCUT2D eigenvalue weighted by molar-refractivity contribution is 6.03. The lowest BCUT2D eigenvalue weighted by atomic mass is 9.75. The molecule has 116 valence electrons. The topological polar surface area (TPSA) is 56.7 Å². The monoisotopic (exact) mass is 304 g/mol. The number of carbonyl (C=O) groups excluding carboxylic acids is 1. The van der Waals surface area contributed by atoms with Crippen molar-refractivity contribution in [3.05, 3.63) is 71.9 Å².